The molecule has 2 rings (SSSR count). The topological polar surface area (TPSA) is 35.0 Å². The first kappa shape index (κ1) is 15.2. The van der Waals surface area contributed by atoms with Gasteiger partial charge in [-0.1, -0.05) is 37.8 Å². The summed E-state index contributed by atoms with van der Waals surface area (Å²) in [7, 11) is 1.74. The summed E-state index contributed by atoms with van der Waals surface area (Å²) < 4.78 is 6.48. The lowest BCUT2D eigenvalue weighted by Crippen LogP contribution is -2.21. The van der Waals surface area contributed by atoms with Crippen LogP contribution in [-0.2, 0) is 11.2 Å². The molecule has 1 fully saturated rings. The van der Waals surface area contributed by atoms with E-state index in [4.69, 9.17) is 16.3 Å². The van der Waals surface area contributed by atoms with E-state index in [0.717, 1.165) is 22.4 Å². The van der Waals surface area contributed by atoms with E-state index < -0.39 is 0 Å². The van der Waals surface area contributed by atoms with E-state index in [0.29, 0.717) is 11.1 Å². The molecule has 0 aromatic carbocycles. The molecule has 5 heteroatoms. The number of ether oxygens (including phenoxy) is 1. The van der Waals surface area contributed by atoms with Gasteiger partial charge in [-0.15, -0.1) is 0 Å². The Kier molecular flexibility index (Phi) is 5.60. The zero-order valence-electron chi connectivity index (χ0n) is 11.5. The maximum Gasteiger partial charge on any atom is 0.159 e. The first-order valence-corrected chi connectivity index (χ1v) is 8.09. The molecule has 1 unspecified atom stereocenters. The predicted molar refractivity (Wildman–Crippen MR) is 80.4 cm³/mol. The van der Waals surface area contributed by atoms with Crippen LogP contribution in [0.25, 0.3) is 0 Å². The molecule has 0 radical (unpaired) electrons. The fourth-order valence-corrected chi connectivity index (χ4v) is 3.44. The molecule has 3 nitrogen and oxygen atoms in total. The van der Waals surface area contributed by atoms with Crippen LogP contribution in [0.5, 0.6) is 0 Å². The second kappa shape index (κ2) is 7.00. The molecular formula is C14H20BrClN2O. The molecule has 0 N–H and O–H groups in total. The highest BCUT2D eigenvalue weighted by atomic mass is 79.9. The SMILES string of the molecule is CCc1nc(C(OC)C2CCCCC2)nc(Cl)c1Br. The first-order chi connectivity index (χ1) is 9.17. The minimum absolute atomic E-state index is 0.0313. The highest BCUT2D eigenvalue weighted by Gasteiger charge is 2.28. The van der Waals surface area contributed by atoms with Crippen molar-refractivity contribution >= 4 is 27.5 Å². The molecule has 0 bridgehead atoms. The second-order valence-electron chi connectivity index (χ2n) is 5.04. The van der Waals surface area contributed by atoms with Gasteiger partial charge in [-0.25, -0.2) is 9.97 Å². The fourth-order valence-electron chi connectivity index (χ4n) is 2.79. The molecule has 0 spiro atoms. The van der Waals surface area contributed by atoms with Gasteiger partial charge in [0.05, 0.1) is 10.2 Å². The Bertz CT molecular complexity index is 436. The number of hydrogen-bond acceptors (Lipinski definition) is 3. The van der Waals surface area contributed by atoms with Gasteiger partial charge < -0.3 is 4.74 Å². The van der Waals surface area contributed by atoms with Gasteiger partial charge >= 0.3 is 0 Å². The van der Waals surface area contributed by atoms with Crippen LogP contribution in [0.2, 0.25) is 5.15 Å². The number of methoxy groups -OCH3 is 1. The van der Waals surface area contributed by atoms with Gasteiger partial charge in [-0.05, 0) is 41.1 Å². The monoisotopic (exact) mass is 346 g/mol. The summed E-state index contributed by atoms with van der Waals surface area (Å²) in [5.74, 6) is 1.25. The lowest BCUT2D eigenvalue weighted by molar-refractivity contribution is 0.0287. The zero-order valence-corrected chi connectivity index (χ0v) is 13.8. The van der Waals surface area contributed by atoms with Crippen LogP contribution in [-0.4, -0.2) is 17.1 Å². The second-order valence-corrected chi connectivity index (χ2v) is 6.19. The molecular weight excluding hydrogens is 328 g/mol. The van der Waals surface area contributed by atoms with Crippen molar-refractivity contribution < 1.29 is 4.74 Å². The lowest BCUT2D eigenvalue weighted by atomic mass is 9.85. The van der Waals surface area contributed by atoms with E-state index in [1.165, 1.54) is 32.1 Å². The summed E-state index contributed by atoms with van der Waals surface area (Å²) in [6.07, 6.45) is 7.06. The Labute approximate surface area is 128 Å². The molecule has 0 amide bonds. The number of hydrogen-bond donors (Lipinski definition) is 0. The van der Waals surface area contributed by atoms with E-state index in [2.05, 4.69) is 32.8 Å². The average molecular weight is 348 g/mol. The minimum atomic E-state index is -0.0313. The number of aromatic nitrogens is 2. The van der Waals surface area contributed by atoms with Crippen molar-refractivity contribution in [1.29, 1.82) is 0 Å². The highest BCUT2D eigenvalue weighted by molar-refractivity contribution is 9.10. The van der Waals surface area contributed by atoms with Crippen molar-refractivity contribution in [3.63, 3.8) is 0 Å². The predicted octanol–water partition coefficient (Wildman–Crippen LogP) is 4.72. The molecule has 1 heterocycles. The Morgan fingerprint density at radius 3 is 2.58 bits per heavy atom. The molecule has 1 aliphatic rings. The summed E-state index contributed by atoms with van der Waals surface area (Å²) in [6.45, 7) is 2.07. The molecule has 19 heavy (non-hydrogen) atoms. The number of aryl methyl sites for hydroxylation is 1. The van der Waals surface area contributed by atoms with E-state index in [1.54, 1.807) is 7.11 Å². The zero-order chi connectivity index (χ0) is 13.8. The van der Waals surface area contributed by atoms with E-state index >= 15 is 0 Å². The largest absolute Gasteiger partial charge is 0.373 e. The molecule has 0 saturated heterocycles. The maximum atomic E-state index is 6.18. The van der Waals surface area contributed by atoms with Crippen LogP contribution in [0.3, 0.4) is 0 Å². The standard InChI is InChI=1S/C14H20BrClN2O/c1-3-10-11(15)13(16)18-14(17-10)12(19-2)9-7-5-4-6-8-9/h9,12H,3-8H2,1-2H3. The summed E-state index contributed by atoms with van der Waals surface area (Å²) in [5, 5.41) is 0.486. The van der Waals surface area contributed by atoms with Crippen LogP contribution in [0, 0.1) is 5.92 Å². The quantitative estimate of drug-likeness (QED) is 0.739. The lowest BCUT2D eigenvalue weighted by Gasteiger charge is -2.28. The Morgan fingerprint density at radius 2 is 2.00 bits per heavy atom. The Morgan fingerprint density at radius 1 is 1.32 bits per heavy atom. The molecule has 1 aromatic rings. The third-order valence-corrected chi connectivity index (χ3v) is 5.15. The molecule has 0 aliphatic heterocycles. The third kappa shape index (κ3) is 3.47. The normalized spacial score (nSPS) is 18.5. The number of halogens is 2. The van der Waals surface area contributed by atoms with Crippen molar-refractivity contribution in [2.75, 3.05) is 7.11 Å². The van der Waals surface area contributed by atoms with Crippen LogP contribution in [0.4, 0.5) is 0 Å². The molecule has 1 atom stereocenters. The molecule has 1 aromatic heterocycles. The van der Waals surface area contributed by atoms with Crippen LogP contribution in [0.15, 0.2) is 4.47 Å². The van der Waals surface area contributed by atoms with Gasteiger partial charge in [-0.3, -0.25) is 0 Å². The van der Waals surface area contributed by atoms with Crippen LogP contribution < -0.4 is 0 Å². The van der Waals surface area contributed by atoms with Gasteiger partial charge in [0, 0.05) is 7.11 Å². The summed E-state index contributed by atoms with van der Waals surface area (Å²) in [5.41, 5.74) is 0.952. The van der Waals surface area contributed by atoms with Gasteiger partial charge in [0.15, 0.2) is 5.82 Å². The Balaban J connectivity index is 2.29. The minimum Gasteiger partial charge on any atom is -0.373 e. The summed E-state index contributed by atoms with van der Waals surface area (Å²) in [6, 6.07) is 0. The van der Waals surface area contributed by atoms with Crippen molar-refractivity contribution in [2.45, 2.75) is 51.6 Å². The van der Waals surface area contributed by atoms with E-state index in [1.807, 2.05) is 0 Å². The molecule has 1 aliphatic carbocycles. The Hall–Kier alpha value is -0.190. The smallest absolute Gasteiger partial charge is 0.159 e. The van der Waals surface area contributed by atoms with Crippen molar-refractivity contribution in [3.8, 4) is 0 Å². The summed E-state index contributed by atoms with van der Waals surface area (Å²) >= 11 is 9.63. The number of rotatable bonds is 4. The van der Waals surface area contributed by atoms with Gasteiger partial charge in [0.25, 0.3) is 0 Å². The number of nitrogens with zero attached hydrogens (tertiary/aromatic N) is 2. The van der Waals surface area contributed by atoms with Gasteiger partial charge in [0.2, 0.25) is 0 Å². The van der Waals surface area contributed by atoms with Crippen LogP contribution in [0.1, 0.15) is 56.7 Å². The third-order valence-electron chi connectivity index (χ3n) is 3.82. The van der Waals surface area contributed by atoms with E-state index in [9.17, 15) is 0 Å². The van der Waals surface area contributed by atoms with E-state index in [-0.39, 0.29) is 6.10 Å². The van der Waals surface area contributed by atoms with Crippen LogP contribution >= 0.6 is 27.5 Å². The van der Waals surface area contributed by atoms with Crippen molar-refractivity contribution in [1.82, 2.24) is 9.97 Å². The van der Waals surface area contributed by atoms with Crippen molar-refractivity contribution in [3.05, 3.63) is 21.1 Å². The molecule has 106 valence electrons. The fraction of sp³-hybridized carbons (Fsp3) is 0.714. The van der Waals surface area contributed by atoms with Gasteiger partial charge in [0.1, 0.15) is 11.3 Å². The first-order valence-electron chi connectivity index (χ1n) is 6.92. The van der Waals surface area contributed by atoms with Crippen molar-refractivity contribution in [2.24, 2.45) is 5.92 Å². The van der Waals surface area contributed by atoms with Gasteiger partial charge in [-0.2, -0.15) is 0 Å². The maximum absolute atomic E-state index is 6.18. The highest BCUT2D eigenvalue weighted by Crippen LogP contribution is 2.36. The average Bonchev–Trinajstić information content (AvgIpc) is 2.44. The molecule has 1 saturated carbocycles. The summed E-state index contributed by atoms with van der Waals surface area (Å²) in [4.78, 5) is 9.04.